The molecule has 0 spiro atoms. The van der Waals surface area contributed by atoms with Crippen molar-refractivity contribution in [2.75, 3.05) is 19.6 Å². The van der Waals surface area contributed by atoms with Crippen LogP contribution in [-0.2, 0) is 0 Å². The number of ketones is 1. The molecule has 1 fully saturated rings. The predicted molar refractivity (Wildman–Crippen MR) is 79.1 cm³/mol. The van der Waals surface area contributed by atoms with Gasteiger partial charge in [0.1, 0.15) is 5.75 Å². The Bertz CT molecular complexity index is 436. The van der Waals surface area contributed by atoms with E-state index in [1.807, 2.05) is 0 Å². The Morgan fingerprint density at radius 1 is 1.16 bits per heavy atom. The Morgan fingerprint density at radius 2 is 1.74 bits per heavy atom. The molecule has 1 aliphatic rings. The van der Waals surface area contributed by atoms with Crippen molar-refractivity contribution in [3.63, 3.8) is 0 Å². The lowest BCUT2D eigenvalue weighted by atomic mass is 10.0. The number of piperidine rings is 1. The number of rotatable bonds is 4. The zero-order valence-electron chi connectivity index (χ0n) is 11.0. The first-order valence-corrected chi connectivity index (χ1v) is 6.40. The molecular formula is C15H20ClNO2. The van der Waals surface area contributed by atoms with Crippen LogP contribution in [0.15, 0.2) is 36.4 Å². The van der Waals surface area contributed by atoms with Crippen LogP contribution in [-0.4, -0.2) is 35.4 Å². The van der Waals surface area contributed by atoms with Crippen molar-refractivity contribution in [1.82, 2.24) is 4.90 Å². The van der Waals surface area contributed by atoms with E-state index >= 15 is 0 Å². The number of carbonyl (C=O) groups is 1. The first-order chi connectivity index (χ1) is 8.66. The first-order valence-electron chi connectivity index (χ1n) is 6.40. The molecule has 1 aromatic rings. The van der Waals surface area contributed by atoms with Crippen molar-refractivity contribution < 1.29 is 9.90 Å². The summed E-state index contributed by atoms with van der Waals surface area (Å²) in [5, 5.41) is 9.20. The van der Waals surface area contributed by atoms with Gasteiger partial charge >= 0.3 is 0 Å². The number of hydrogen-bond acceptors (Lipinski definition) is 3. The molecule has 1 heterocycles. The molecule has 0 amide bonds. The topological polar surface area (TPSA) is 40.5 Å². The molecule has 4 heteroatoms. The smallest absolute Gasteiger partial charge is 0.189 e. The summed E-state index contributed by atoms with van der Waals surface area (Å²) in [5.41, 5.74) is 1.22. The molecular weight excluding hydrogens is 262 g/mol. The van der Waals surface area contributed by atoms with Crippen LogP contribution in [0.25, 0.3) is 0 Å². The highest BCUT2D eigenvalue weighted by Crippen LogP contribution is 2.15. The van der Waals surface area contributed by atoms with Crippen LogP contribution in [0.1, 0.15) is 29.6 Å². The van der Waals surface area contributed by atoms with Crippen LogP contribution in [0.5, 0.6) is 5.75 Å². The van der Waals surface area contributed by atoms with Gasteiger partial charge in [-0.3, -0.25) is 9.69 Å². The van der Waals surface area contributed by atoms with Gasteiger partial charge in [-0.2, -0.15) is 0 Å². The fourth-order valence-electron chi connectivity index (χ4n) is 2.28. The van der Waals surface area contributed by atoms with Crippen LogP contribution in [0.3, 0.4) is 0 Å². The number of nitrogens with zero attached hydrogens (tertiary/aromatic N) is 1. The fourth-order valence-corrected chi connectivity index (χ4v) is 2.28. The zero-order chi connectivity index (χ0) is 13.0. The van der Waals surface area contributed by atoms with Gasteiger partial charge in [0.05, 0.1) is 0 Å². The lowest BCUT2D eigenvalue weighted by Gasteiger charge is -2.26. The van der Waals surface area contributed by atoms with Gasteiger partial charge < -0.3 is 5.11 Å². The van der Waals surface area contributed by atoms with Crippen LogP contribution in [0.2, 0.25) is 0 Å². The summed E-state index contributed by atoms with van der Waals surface area (Å²) < 4.78 is 0. The number of carbonyl (C=O) groups excluding carboxylic acids is 1. The first kappa shape index (κ1) is 15.7. The Balaban J connectivity index is 0.00000180. The minimum atomic E-state index is -0.0272. The van der Waals surface area contributed by atoms with E-state index in [0.29, 0.717) is 17.7 Å². The van der Waals surface area contributed by atoms with E-state index in [1.54, 1.807) is 12.1 Å². The van der Waals surface area contributed by atoms with Gasteiger partial charge in [-0.15, -0.1) is 12.4 Å². The second-order valence-electron chi connectivity index (χ2n) is 4.82. The molecule has 0 aliphatic carbocycles. The third kappa shape index (κ3) is 4.37. The molecule has 0 aromatic heterocycles. The SMILES string of the molecule is C=C(CN1CCCCC1)C(=O)c1ccc(O)cc1.Cl. The van der Waals surface area contributed by atoms with E-state index in [1.165, 1.54) is 31.4 Å². The van der Waals surface area contributed by atoms with E-state index in [9.17, 15) is 9.90 Å². The molecule has 1 aromatic carbocycles. The van der Waals surface area contributed by atoms with E-state index in [4.69, 9.17) is 0 Å². The van der Waals surface area contributed by atoms with Crippen LogP contribution in [0.4, 0.5) is 0 Å². The summed E-state index contributed by atoms with van der Waals surface area (Å²) in [5.74, 6) is 0.147. The van der Waals surface area contributed by atoms with Gasteiger partial charge in [-0.25, -0.2) is 0 Å². The molecule has 104 valence electrons. The van der Waals surface area contributed by atoms with E-state index in [-0.39, 0.29) is 23.9 Å². The Hall–Kier alpha value is -1.32. The number of phenols is 1. The zero-order valence-corrected chi connectivity index (χ0v) is 11.8. The van der Waals surface area contributed by atoms with Crippen molar-refractivity contribution in [1.29, 1.82) is 0 Å². The minimum Gasteiger partial charge on any atom is -0.508 e. The molecule has 0 unspecified atom stereocenters. The quantitative estimate of drug-likeness (QED) is 0.681. The number of benzene rings is 1. The maximum absolute atomic E-state index is 12.1. The molecule has 1 aliphatic heterocycles. The molecule has 19 heavy (non-hydrogen) atoms. The molecule has 0 bridgehead atoms. The van der Waals surface area contributed by atoms with Crippen molar-refractivity contribution in [2.45, 2.75) is 19.3 Å². The molecule has 2 rings (SSSR count). The second kappa shape index (κ2) is 7.31. The van der Waals surface area contributed by atoms with Crippen LogP contribution >= 0.6 is 12.4 Å². The Morgan fingerprint density at radius 3 is 2.32 bits per heavy atom. The number of likely N-dealkylation sites (tertiary alicyclic amines) is 1. The number of hydrogen-bond donors (Lipinski definition) is 1. The van der Waals surface area contributed by atoms with Gasteiger partial charge in [-0.1, -0.05) is 13.0 Å². The second-order valence-corrected chi connectivity index (χ2v) is 4.82. The van der Waals surface area contributed by atoms with Crippen LogP contribution in [0, 0.1) is 0 Å². The predicted octanol–water partition coefficient (Wildman–Crippen LogP) is 3.04. The average Bonchev–Trinajstić information content (AvgIpc) is 2.40. The highest BCUT2D eigenvalue weighted by Gasteiger charge is 2.16. The molecule has 1 N–H and O–H groups in total. The molecule has 0 radical (unpaired) electrons. The van der Waals surface area contributed by atoms with Gasteiger partial charge in [-0.05, 0) is 50.2 Å². The molecule has 0 saturated carbocycles. The lowest BCUT2D eigenvalue weighted by molar-refractivity contribution is 0.102. The molecule has 0 atom stereocenters. The standard InChI is InChI=1S/C15H19NO2.ClH/c1-12(11-16-9-3-2-4-10-16)15(18)13-5-7-14(17)8-6-13;/h5-8,17H,1-4,9-11H2;1H. The summed E-state index contributed by atoms with van der Waals surface area (Å²) in [7, 11) is 0. The van der Waals surface area contributed by atoms with Gasteiger partial charge in [0.2, 0.25) is 0 Å². The van der Waals surface area contributed by atoms with Crippen molar-refractivity contribution in [3.8, 4) is 5.75 Å². The minimum absolute atomic E-state index is 0. The largest absolute Gasteiger partial charge is 0.508 e. The fraction of sp³-hybridized carbons (Fsp3) is 0.400. The van der Waals surface area contributed by atoms with E-state index in [2.05, 4.69) is 11.5 Å². The third-order valence-electron chi connectivity index (χ3n) is 3.31. The highest BCUT2D eigenvalue weighted by molar-refractivity contribution is 6.08. The average molecular weight is 282 g/mol. The summed E-state index contributed by atoms with van der Waals surface area (Å²) in [6, 6.07) is 6.33. The summed E-state index contributed by atoms with van der Waals surface area (Å²) in [6.07, 6.45) is 3.70. The van der Waals surface area contributed by atoms with Crippen LogP contribution < -0.4 is 0 Å². The maximum atomic E-state index is 12.1. The van der Waals surface area contributed by atoms with E-state index < -0.39 is 0 Å². The lowest BCUT2D eigenvalue weighted by Crippen LogP contribution is -2.32. The van der Waals surface area contributed by atoms with Gasteiger partial charge in [0.25, 0.3) is 0 Å². The monoisotopic (exact) mass is 281 g/mol. The third-order valence-corrected chi connectivity index (χ3v) is 3.31. The van der Waals surface area contributed by atoms with Gasteiger partial charge in [0.15, 0.2) is 5.78 Å². The summed E-state index contributed by atoms with van der Waals surface area (Å²) in [6.45, 7) is 6.66. The van der Waals surface area contributed by atoms with Crippen molar-refractivity contribution >= 4 is 18.2 Å². The molecule has 1 saturated heterocycles. The van der Waals surface area contributed by atoms with E-state index in [0.717, 1.165) is 13.1 Å². The normalized spacial score (nSPS) is 15.6. The maximum Gasteiger partial charge on any atom is 0.189 e. The van der Waals surface area contributed by atoms with Gasteiger partial charge in [0, 0.05) is 17.7 Å². The number of halogens is 1. The number of Topliss-reactive ketones (excluding diaryl/α,β-unsaturated/α-hetero) is 1. The Kier molecular flexibility index (Phi) is 6.06. The summed E-state index contributed by atoms with van der Waals surface area (Å²) in [4.78, 5) is 14.4. The molecule has 3 nitrogen and oxygen atoms in total. The number of phenolic OH excluding ortho intramolecular Hbond substituents is 1. The summed E-state index contributed by atoms with van der Waals surface area (Å²) >= 11 is 0. The van der Waals surface area contributed by atoms with Crippen molar-refractivity contribution in [2.24, 2.45) is 0 Å². The highest BCUT2D eigenvalue weighted by atomic mass is 35.5. The Labute approximate surface area is 120 Å². The number of aromatic hydroxyl groups is 1. The van der Waals surface area contributed by atoms with Crippen molar-refractivity contribution in [3.05, 3.63) is 42.0 Å².